The highest BCUT2D eigenvalue weighted by molar-refractivity contribution is 5.74. The van der Waals surface area contributed by atoms with E-state index in [1.807, 2.05) is 25.2 Å². The van der Waals surface area contributed by atoms with E-state index in [1.54, 1.807) is 11.0 Å². The third-order valence-corrected chi connectivity index (χ3v) is 3.83. The van der Waals surface area contributed by atoms with Crippen molar-refractivity contribution >= 4 is 12.0 Å². The van der Waals surface area contributed by atoms with Gasteiger partial charge in [0.2, 0.25) is 0 Å². The normalized spacial score (nSPS) is 14.4. The summed E-state index contributed by atoms with van der Waals surface area (Å²) in [6.07, 6.45) is 3.30. The molecule has 0 aromatic heterocycles. The van der Waals surface area contributed by atoms with Crippen LogP contribution in [-0.4, -0.2) is 35.1 Å². The number of carboxylic acid groups (broad SMARTS) is 1. The van der Waals surface area contributed by atoms with E-state index in [1.165, 1.54) is 6.42 Å². The molecule has 0 atom stereocenters. The first-order valence-corrected chi connectivity index (χ1v) is 6.87. The summed E-state index contributed by atoms with van der Waals surface area (Å²) in [5, 5.41) is 11.7. The van der Waals surface area contributed by atoms with Gasteiger partial charge in [0.15, 0.2) is 0 Å². The molecule has 0 unspecified atom stereocenters. The number of nitrogens with one attached hydrogen (secondary N) is 1. The molecule has 2 N–H and O–H groups in total. The first kappa shape index (κ1) is 14.4. The molecule has 0 aliphatic heterocycles. The molecule has 0 radical (unpaired) electrons. The minimum absolute atomic E-state index is 0.0233. The van der Waals surface area contributed by atoms with Gasteiger partial charge in [-0.05, 0) is 30.4 Å². The SMILES string of the molecule is CN(C(=O)NCc1ccccc1CC(=O)O)C1CCC1. The monoisotopic (exact) mass is 276 g/mol. The molecule has 1 aromatic rings. The molecule has 2 rings (SSSR count). The molecule has 5 heteroatoms. The molecule has 108 valence electrons. The van der Waals surface area contributed by atoms with E-state index in [9.17, 15) is 9.59 Å². The second-order valence-corrected chi connectivity index (χ2v) is 5.19. The van der Waals surface area contributed by atoms with Crippen LogP contribution in [0.25, 0.3) is 0 Å². The van der Waals surface area contributed by atoms with Crippen molar-refractivity contribution in [2.45, 2.75) is 38.3 Å². The molecule has 2 amide bonds. The molecule has 1 aromatic carbocycles. The number of carboxylic acids is 1. The Labute approximate surface area is 118 Å². The van der Waals surface area contributed by atoms with Crippen molar-refractivity contribution in [1.82, 2.24) is 10.2 Å². The van der Waals surface area contributed by atoms with E-state index in [2.05, 4.69) is 5.32 Å². The third-order valence-electron chi connectivity index (χ3n) is 3.83. The van der Waals surface area contributed by atoms with Gasteiger partial charge in [-0.25, -0.2) is 4.79 Å². The summed E-state index contributed by atoms with van der Waals surface area (Å²) < 4.78 is 0. The highest BCUT2D eigenvalue weighted by atomic mass is 16.4. The number of carbonyl (C=O) groups excluding carboxylic acids is 1. The molecule has 20 heavy (non-hydrogen) atoms. The summed E-state index contributed by atoms with van der Waals surface area (Å²) in [5.74, 6) is -0.865. The Bertz CT molecular complexity index is 498. The van der Waals surface area contributed by atoms with Crippen molar-refractivity contribution in [3.8, 4) is 0 Å². The molecule has 0 saturated heterocycles. The highest BCUT2D eigenvalue weighted by Crippen LogP contribution is 2.23. The zero-order valence-corrected chi connectivity index (χ0v) is 11.6. The summed E-state index contributed by atoms with van der Waals surface area (Å²) in [5.41, 5.74) is 1.59. The summed E-state index contributed by atoms with van der Waals surface area (Å²) in [4.78, 5) is 24.5. The van der Waals surface area contributed by atoms with Crippen molar-refractivity contribution in [1.29, 1.82) is 0 Å². The van der Waals surface area contributed by atoms with E-state index < -0.39 is 5.97 Å². The molecule has 1 aliphatic rings. The van der Waals surface area contributed by atoms with Gasteiger partial charge in [-0.15, -0.1) is 0 Å². The van der Waals surface area contributed by atoms with Gasteiger partial charge in [0.25, 0.3) is 0 Å². The Morgan fingerprint density at radius 1 is 1.30 bits per heavy atom. The molecule has 0 heterocycles. The Morgan fingerprint density at radius 2 is 1.95 bits per heavy atom. The third kappa shape index (κ3) is 3.50. The Morgan fingerprint density at radius 3 is 2.50 bits per heavy atom. The van der Waals surface area contributed by atoms with Gasteiger partial charge in [0.1, 0.15) is 0 Å². The van der Waals surface area contributed by atoms with Gasteiger partial charge in [-0.1, -0.05) is 24.3 Å². The number of amides is 2. The van der Waals surface area contributed by atoms with Crippen LogP contribution in [0.5, 0.6) is 0 Å². The number of urea groups is 1. The van der Waals surface area contributed by atoms with Crippen molar-refractivity contribution in [2.24, 2.45) is 0 Å². The number of rotatable bonds is 5. The van der Waals surface area contributed by atoms with Crippen molar-refractivity contribution < 1.29 is 14.7 Å². The Balaban J connectivity index is 1.92. The zero-order valence-electron chi connectivity index (χ0n) is 11.6. The molecule has 1 saturated carbocycles. The average Bonchev–Trinajstić information content (AvgIpc) is 2.34. The van der Waals surface area contributed by atoms with Crippen LogP contribution in [0.2, 0.25) is 0 Å². The molecule has 0 spiro atoms. The number of hydrogen-bond acceptors (Lipinski definition) is 2. The van der Waals surface area contributed by atoms with Crippen LogP contribution in [0.15, 0.2) is 24.3 Å². The lowest BCUT2D eigenvalue weighted by Gasteiger charge is -2.34. The second-order valence-electron chi connectivity index (χ2n) is 5.19. The van der Waals surface area contributed by atoms with Gasteiger partial charge in [-0.3, -0.25) is 4.79 Å². The molecule has 0 bridgehead atoms. The minimum atomic E-state index is -0.865. The number of nitrogens with zero attached hydrogens (tertiary/aromatic N) is 1. The maximum atomic E-state index is 12.0. The molecule has 1 fully saturated rings. The molecular formula is C15H20N2O3. The van der Waals surface area contributed by atoms with Crippen LogP contribution >= 0.6 is 0 Å². The van der Waals surface area contributed by atoms with E-state index in [0.717, 1.165) is 24.0 Å². The second kappa shape index (κ2) is 6.41. The largest absolute Gasteiger partial charge is 0.481 e. The quantitative estimate of drug-likeness (QED) is 0.864. The Hall–Kier alpha value is -2.04. The fourth-order valence-corrected chi connectivity index (χ4v) is 2.30. The van der Waals surface area contributed by atoms with Gasteiger partial charge >= 0.3 is 12.0 Å². The number of benzene rings is 1. The summed E-state index contributed by atoms with van der Waals surface area (Å²) >= 11 is 0. The minimum Gasteiger partial charge on any atom is -0.481 e. The van der Waals surface area contributed by atoms with Gasteiger partial charge in [0.05, 0.1) is 6.42 Å². The Kier molecular flexibility index (Phi) is 4.61. The lowest BCUT2D eigenvalue weighted by Crippen LogP contribution is -2.46. The molecule has 1 aliphatic carbocycles. The van der Waals surface area contributed by atoms with E-state index in [0.29, 0.717) is 12.6 Å². The van der Waals surface area contributed by atoms with Crippen LogP contribution in [0.3, 0.4) is 0 Å². The number of hydrogen-bond donors (Lipinski definition) is 2. The molecular weight excluding hydrogens is 256 g/mol. The van der Waals surface area contributed by atoms with Crippen molar-refractivity contribution in [2.75, 3.05) is 7.05 Å². The van der Waals surface area contributed by atoms with Crippen molar-refractivity contribution in [3.05, 3.63) is 35.4 Å². The number of aliphatic carboxylic acids is 1. The summed E-state index contributed by atoms with van der Waals surface area (Å²) in [7, 11) is 1.81. The van der Waals surface area contributed by atoms with E-state index in [4.69, 9.17) is 5.11 Å². The highest BCUT2D eigenvalue weighted by Gasteiger charge is 2.25. The summed E-state index contributed by atoms with van der Waals surface area (Å²) in [6.45, 7) is 0.360. The first-order valence-electron chi connectivity index (χ1n) is 6.87. The zero-order chi connectivity index (χ0) is 14.5. The predicted octanol–water partition coefficient (Wildman–Crippen LogP) is 2.01. The maximum absolute atomic E-state index is 12.0. The topological polar surface area (TPSA) is 69.6 Å². The van der Waals surface area contributed by atoms with Gasteiger partial charge in [0, 0.05) is 19.6 Å². The van der Waals surface area contributed by atoms with Crippen LogP contribution in [0.1, 0.15) is 30.4 Å². The lowest BCUT2D eigenvalue weighted by atomic mass is 9.92. The fraction of sp³-hybridized carbons (Fsp3) is 0.467. The lowest BCUT2D eigenvalue weighted by molar-refractivity contribution is -0.136. The van der Waals surface area contributed by atoms with Gasteiger partial charge in [-0.2, -0.15) is 0 Å². The fourth-order valence-electron chi connectivity index (χ4n) is 2.30. The number of carbonyl (C=O) groups is 2. The summed E-state index contributed by atoms with van der Waals surface area (Å²) in [6, 6.07) is 7.55. The standard InChI is InChI=1S/C15H20N2O3/c1-17(13-7-4-8-13)15(20)16-10-12-6-3-2-5-11(12)9-14(18)19/h2-3,5-6,13H,4,7-10H2,1H3,(H,16,20)(H,18,19). The van der Waals surface area contributed by atoms with Crippen molar-refractivity contribution in [3.63, 3.8) is 0 Å². The van der Waals surface area contributed by atoms with Crippen LogP contribution in [0.4, 0.5) is 4.79 Å². The first-order chi connectivity index (χ1) is 9.58. The smallest absolute Gasteiger partial charge is 0.317 e. The van der Waals surface area contributed by atoms with Gasteiger partial charge < -0.3 is 15.3 Å². The van der Waals surface area contributed by atoms with Crippen LogP contribution < -0.4 is 5.32 Å². The van der Waals surface area contributed by atoms with E-state index in [-0.39, 0.29) is 12.5 Å². The van der Waals surface area contributed by atoms with Crippen LogP contribution in [-0.2, 0) is 17.8 Å². The van der Waals surface area contributed by atoms with E-state index >= 15 is 0 Å². The predicted molar refractivity (Wildman–Crippen MR) is 75.4 cm³/mol. The van der Waals surface area contributed by atoms with Crippen LogP contribution in [0, 0.1) is 0 Å². The maximum Gasteiger partial charge on any atom is 0.317 e. The molecule has 5 nitrogen and oxygen atoms in total. The average molecular weight is 276 g/mol.